The number of aryl methyl sites for hydroxylation is 1. The molecule has 0 radical (unpaired) electrons. The van der Waals surface area contributed by atoms with Crippen LogP contribution >= 0.6 is 11.8 Å². The number of benzene rings is 1. The van der Waals surface area contributed by atoms with Gasteiger partial charge in [-0.15, -0.1) is 5.10 Å². The molecule has 1 aliphatic carbocycles. The van der Waals surface area contributed by atoms with Crippen molar-refractivity contribution >= 4 is 11.8 Å². The van der Waals surface area contributed by atoms with Crippen molar-refractivity contribution < 1.29 is 0 Å². The van der Waals surface area contributed by atoms with Crippen molar-refractivity contribution in [3.05, 3.63) is 39.8 Å². The first-order valence-electron chi connectivity index (χ1n) is 6.75. The van der Waals surface area contributed by atoms with E-state index in [1.807, 2.05) is 0 Å². The van der Waals surface area contributed by atoms with Gasteiger partial charge in [0.1, 0.15) is 0 Å². The van der Waals surface area contributed by atoms with Crippen molar-refractivity contribution in [1.29, 1.82) is 0 Å². The fraction of sp³-hybridized carbons (Fsp3) is 0.429. The molecular formula is C14H18N4OS. The molecule has 0 bridgehead atoms. The molecule has 5 nitrogen and oxygen atoms in total. The molecule has 0 spiro atoms. The molecule has 0 aliphatic heterocycles. The highest BCUT2D eigenvalue weighted by molar-refractivity contribution is 7.99. The van der Waals surface area contributed by atoms with Crippen molar-refractivity contribution in [2.75, 3.05) is 0 Å². The normalized spacial score (nSPS) is 14.7. The Kier molecular flexibility index (Phi) is 3.67. The van der Waals surface area contributed by atoms with Gasteiger partial charge in [0.05, 0.1) is 0 Å². The zero-order valence-electron chi connectivity index (χ0n) is 11.6. The van der Waals surface area contributed by atoms with Gasteiger partial charge in [-0.25, -0.2) is 9.89 Å². The van der Waals surface area contributed by atoms with Crippen molar-refractivity contribution in [3.8, 4) is 0 Å². The Morgan fingerprint density at radius 3 is 2.90 bits per heavy atom. The number of nitrogens with one attached hydrogen (secondary N) is 2. The van der Waals surface area contributed by atoms with Crippen LogP contribution in [0.2, 0.25) is 0 Å². The van der Waals surface area contributed by atoms with E-state index in [9.17, 15) is 4.79 Å². The Hall–Kier alpha value is -1.53. The van der Waals surface area contributed by atoms with E-state index < -0.39 is 0 Å². The van der Waals surface area contributed by atoms with Crippen LogP contribution in [-0.2, 0) is 13.6 Å². The number of aromatic nitrogens is 3. The van der Waals surface area contributed by atoms with Crippen LogP contribution in [0.3, 0.4) is 0 Å². The van der Waals surface area contributed by atoms with Crippen LogP contribution in [0, 0.1) is 6.92 Å². The van der Waals surface area contributed by atoms with Gasteiger partial charge in [0.2, 0.25) is 0 Å². The average molecular weight is 290 g/mol. The summed E-state index contributed by atoms with van der Waals surface area (Å²) in [5, 5.41) is 10.7. The van der Waals surface area contributed by atoms with E-state index in [2.05, 4.69) is 40.6 Å². The molecule has 2 aromatic rings. The zero-order chi connectivity index (χ0) is 14.1. The zero-order valence-corrected chi connectivity index (χ0v) is 12.5. The molecular weight excluding hydrogens is 272 g/mol. The van der Waals surface area contributed by atoms with Gasteiger partial charge in [0.25, 0.3) is 0 Å². The predicted molar refractivity (Wildman–Crippen MR) is 79.0 cm³/mol. The molecule has 0 atom stereocenters. The van der Waals surface area contributed by atoms with Gasteiger partial charge in [-0.2, -0.15) is 0 Å². The maximum atomic E-state index is 11.3. The predicted octanol–water partition coefficient (Wildman–Crippen LogP) is 1.82. The van der Waals surface area contributed by atoms with E-state index in [0.29, 0.717) is 5.16 Å². The van der Waals surface area contributed by atoms with Gasteiger partial charge < -0.3 is 5.32 Å². The lowest BCUT2D eigenvalue weighted by Gasteiger charge is -2.08. The third-order valence-corrected chi connectivity index (χ3v) is 4.68. The van der Waals surface area contributed by atoms with E-state index in [0.717, 1.165) is 17.5 Å². The lowest BCUT2D eigenvalue weighted by atomic mass is 10.1. The molecule has 2 N–H and O–H groups in total. The molecule has 1 aromatic heterocycles. The SMILES string of the molecule is Cc1cc(CNC2CC2)ccc1Sc1n[nH]c(=O)n1C. The van der Waals surface area contributed by atoms with Crippen LogP contribution in [0.4, 0.5) is 0 Å². The summed E-state index contributed by atoms with van der Waals surface area (Å²) in [6.07, 6.45) is 2.61. The summed E-state index contributed by atoms with van der Waals surface area (Å²) < 4.78 is 1.52. The highest BCUT2D eigenvalue weighted by Crippen LogP contribution is 2.28. The molecule has 1 aromatic carbocycles. The van der Waals surface area contributed by atoms with Crippen molar-refractivity contribution in [1.82, 2.24) is 20.1 Å². The topological polar surface area (TPSA) is 62.7 Å². The third kappa shape index (κ3) is 2.96. The first-order chi connectivity index (χ1) is 9.63. The minimum atomic E-state index is -0.185. The van der Waals surface area contributed by atoms with Crippen LogP contribution in [0.25, 0.3) is 0 Å². The smallest absolute Gasteiger partial charge is 0.310 e. The summed E-state index contributed by atoms with van der Waals surface area (Å²) in [6.45, 7) is 3.02. The molecule has 1 heterocycles. The van der Waals surface area contributed by atoms with Gasteiger partial charge in [0, 0.05) is 24.5 Å². The molecule has 1 saturated carbocycles. The summed E-state index contributed by atoms with van der Waals surface area (Å²) in [7, 11) is 1.72. The molecule has 0 saturated heterocycles. The molecule has 0 amide bonds. The standard InChI is InChI=1S/C14H18N4OS/c1-9-7-10(8-15-11-4-5-11)3-6-12(9)20-14-17-16-13(19)18(14)2/h3,6-7,11,15H,4-5,8H2,1-2H3,(H,16,19). The molecule has 0 unspecified atom stereocenters. The molecule has 6 heteroatoms. The van der Waals surface area contributed by atoms with Gasteiger partial charge in [-0.3, -0.25) is 4.57 Å². The average Bonchev–Trinajstić information content (AvgIpc) is 3.21. The Morgan fingerprint density at radius 2 is 2.30 bits per heavy atom. The van der Waals surface area contributed by atoms with Crippen molar-refractivity contribution in [3.63, 3.8) is 0 Å². The number of rotatable bonds is 5. The van der Waals surface area contributed by atoms with Crippen LogP contribution in [-0.4, -0.2) is 20.8 Å². The second-order valence-corrected chi connectivity index (χ2v) is 6.24. The van der Waals surface area contributed by atoms with Gasteiger partial charge in [0.15, 0.2) is 5.16 Å². The second kappa shape index (κ2) is 5.46. The third-order valence-electron chi connectivity index (χ3n) is 3.45. The monoisotopic (exact) mass is 290 g/mol. The van der Waals surface area contributed by atoms with E-state index in [1.54, 1.807) is 7.05 Å². The summed E-state index contributed by atoms with van der Waals surface area (Å²) >= 11 is 1.51. The maximum Gasteiger partial charge on any atom is 0.343 e. The van der Waals surface area contributed by atoms with Crippen LogP contribution in [0.5, 0.6) is 0 Å². The Labute approximate surface area is 121 Å². The summed E-state index contributed by atoms with van der Waals surface area (Å²) in [6, 6.07) is 7.16. The quantitative estimate of drug-likeness (QED) is 0.882. The van der Waals surface area contributed by atoms with Crippen LogP contribution in [0.15, 0.2) is 33.0 Å². The molecule has 3 rings (SSSR count). The van der Waals surface area contributed by atoms with E-state index in [-0.39, 0.29) is 5.69 Å². The minimum absolute atomic E-state index is 0.185. The van der Waals surface area contributed by atoms with Crippen molar-refractivity contribution in [2.45, 2.75) is 42.4 Å². The summed E-state index contributed by atoms with van der Waals surface area (Å²) in [4.78, 5) is 12.5. The van der Waals surface area contributed by atoms with Gasteiger partial charge in [-0.05, 0) is 48.7 Å². The molecule has 106 valence electrons. The van der Waals surface area contributed by atoms with Crippen LogP contribution < -0.4 is 11.0 Å². The Morgan fingerprint density at radius 1 is 1.50 bits per heavy atom. The molecule has 1 aliphatic rings. The number of nitrogens with zero attached hydrogens (tertiary/aromatic N) is 2. The fourth-order valence-electron chi connectivity index (χ4n) is 2.01. The van der Waals surface area contributed by atoms with Crippen LogP contribution in [0.1, 0.15) is 24.0 Å². The summed E-state index contributed by atoms with van der Waals surface area (Å²) in [5.41, 5.74) is 2.32. The fourth-order valence-corrected chi connectivity index (χ4v) is 2.87. The summed E-state index contributed by atoms with van der Waals surface area (Å²) in [5.74, 6) is 0. The van der Waals surface area contributed by atoms with Gasteiger partial charge >= 0.3 is 5.69 Å². The maximum absolute atomic E-state index is 11.3. The lowest BCUT2D eigenvalue weighted by molar-refractivity contribution is 0.687. The highest BCUT2D eigenvalue weighted by Gasteiger charge is 2.20. The highest BCUT2D eigenvalue weighted by atomic mass is 32.2. The largest absolute Gasteiger partial charge is 0.343 e. The van der Waals surface area contributed by atoms with E-state index in [4.69, 9.17) is 0 Å². The van der Waals surface area contributed by atoms with E-state index in [1.165, 1.54) is 40.3 Å². The first kappa shape index (κ1) is 13.5. The number of aromatic amines is 1. The first-order valence-corrected chi connectivity index (χ1v) is 7.57. The number of H-pyrrole nitrogens is 1. The second-order valence-electron chi connectivity index (χ2n) is 5.23. The minimum Gasteiger partial charge on any atom is -0.310 e. The Balaban J connectivity index is 1.73. The molecule has 1 fully saturated rings. The number of hydrogen-bond acceptors (Lipinski definition) is 4. The number of hydrogen-bond donors (Lipinski definition) is 2. The molecule has 20 heavy (non-hydrogen) atoms. The van der Waals surface area contributed by atoms with Gasteiger partial charge in [-0.1, -0.05) is 12.1 Å². The van der Waals surface area contributed by atoms with Crippen molar-refractivity contribution in [2.24, 2.45) is 7.05 Å². The van der Waals surface area contributed by atoms with E-state index >= 15 is 0 Å². The Bertz CT molecular complexity index is 672. The lowest BCUT2D eigenvalue weighted by Crippen LogP contribution is -2.15.